The predicted molar refractivity (Wildman–Crippen MR) is 36.2 cm³/mol. The van der Waals surface area contributed by atoms with Crippen molar-refractivity contribution in [1.29, 1.82) is 0 Å². The lowest BCUT2D eigenvalue weighted by atomic mass is 10.5. The van der Waals surface area contributed by atoms with E-state index in [4.69, 9.17) is 0 Å². The van der Waals surface area contributed by atoms with Crippen LogP contribution in [0.2, 0.25) is 0 Å². The molecule has 0 aliphatic rings. The lowest BCUT2D eigenvalue weighted by molar-refractivity contribution is 0.250. The van der Waals surface area contributed by atoms with Gasteiger partial charge in [-0.1, -0.05) is 6.07 Å². The molecule has 3 nitrogen and oxygen atoms in total. The summed E-state index contributed by atoms with van der Waals surface area (Å²) in [5, 5.41) is 10.4. The van der Waals surface area contributed by atoms with E-state index in [0.717, 1.165) is 0 Å². The average Bonchev–Trinajstić information content (AvgIpc) is 2.05. The zero-order valence-corrected chi connectivity index (χ0v) is 6.00. The molecule has 0 N–H and O–H groups in total. The number of rotatable bonds is 2. The number of hydrogen-bond donors (Lipinski definition) is 0. The third-order valence-corrected chi connectivity index (χ3v) is 1.90. The van der Waals surface area contributed by atoms with Crippen LogP contribution in [0.3, 0.4) is 0 Å². The summed E-state index contributed by atoms with van der Waals surface area (Å²) in [5.74, 6) is -0.614. The lowest BCUT2D eigenvalue weighted by Crippen LogP contribution is -2.06. The van der Waals surface area contributed by atoms with Gasteiger partial charge in [-0.3, -0.25) is 0 Å². The summed E-state index contributed by atoms with van der Waals surface area (Å²) in [4.78, 5) is 3.75. The molecule has 1 rings (SSSR count). The Morgan fingerprint density at radius 1 is 1.60 bits per heavy atom. The van der Waals surface area contributed by atoms with E-state index in [-0.39, 0.29) is 0 Å². The molecule has 0 bridgehead atoms. The van der Waals surface area contributed by atoms with Crippen molar-refractivity contribution >= 4 is 11.2 Å². The SMILES string of the molecule is [O]C[S+]([O-])c1ccccn1. The summed E-state index contributed by atoms with van der Waals surface area (Å²) in [6.07, 6.45) is 1.52. The van der Waals surface area contributed by atoms with Crippen molar-refractivity contribution in [1.82, 2.24) is 4.98 Å². The minimum Gasteiger partial charge on any atom is -0.608 e. The Morgan fingerprint density at radius 2 is 2.40 bits per heavy atom. The number of pyridine rings is 1. The highest BCUT2D eigenvalue weighted by Gasteiger charge is 2.08. The summed E-state index contributed by atoms with van der Waals surface area (Å²) in [5.41, 5.74) is 0. The molecule has 1 radical (unpaired) electrons. The second kappa shape index (κ2) is 3.55. The second-order valence-electron chi connectivity index (χ2n) is 1.63. The molecule has 1 atom stereocenters. The molecule has 53 valence electrons. The topological polar surface area (TPSA) is 55.8 Å². The maximum absolute atomic E-state index is 10.7. The van der Waals surface area contributed by atoms with Crippen molar-refractivity contribution in [2.24, 2.45) is 0 Å². The van der Waals surface area contributed by atoms with Crippen molar-refractivity contribution in [2.75, 3.05) is 5.94 Å². The first-order valence-corrected chi connectivity index (χ1v) is 4.04. The zero-order valence-electron chi connectivity index (χ0n) is 5.19. The quantitative estimate of drug-likeness (QED) is 0.588. The first-order chi connectivity index (χ1) is 4.84. The molecule has 0 aromatic carbocycles. The molecule has 0 amide bonds. The smallest absolute Gasteiger partial charge is 0.246 e. The van der Waals surface area contributed by atoms with Gasteiger partial charge < -0.3 is 4.55 Å². The highest BCUT2D eigenvalue weighted by Crippen LogP contribution is 2.04. The summed E-state index contributed by atoms with van der Waals surface area (Å²) in [6.45, 7) is 0. The molecule has 0 aliphatic carbocycles. The van der Waals surface area contributed by atoms with Gasteiger partial charge in [-0.2, -0.15) is 5.11 Å². The van der Waals surface area contributed by atoms with Gasteiger partial charge in [0, 0.05) is 23.4 Å². The van der Waals surface area contributed by atoms with E-state index in [1.54, 1.807) is 18.2 Å². The standard InChI is InChI=1S/C6H6NO2S/c8-5-10(9)6-3-1-2-4-7-6/h1-4H,5H2. The maximum Gasteiger partial charge on any atom is 0.246 e. The van der Waals surface area contributed by atoms with Crippen LogP contribution in [0.5, 0.6) is 0 Å². The Labute approximate surface area is 61.9 Å². The number of hydrogen-bond acceptors (Lipinski definition) is 2. The summed E-state index contributed by atoms with van der Waals surface area (Å²) in [6, 6.07) is 5.00. The monoisotopic (exact) mass is 156 g/mol. The second-order valence-corrected chi connectivity index (χ2v) is 2.98. The van der Waals surface area contributed by atoms with Crippen LogP contribution < -0.4 is 0 Å². The minimum absolute atomic E-state index is 0.359. The Balaban J connectivity index is 2.75. The first-order valence-electron chi connectivity index (χ1n) is 2.72. The van der Waals surface area contributed by atoms with E-state index < -0.39 is 17.1 Å². The number of nitrogens with zero attached hydrogens (tertiary/aromatic N) is 1. The van der Waals surface area contributed by atoms with Gasteiger partial charge in [0.25, 0.3) is 0 Å². The third-order valence-electron chi connectivity index (χ3n) is 0.978. The van der Waals surface area contributed by atoms with Gasteiger partial charge in [0.2, 0.25) is 11.0 Å². The average molecular weight is 156 g/mol. The van der Waals surface area contributed by atoms with E-state index in [9.17, 15) is 9.66 Å². The molecule has 10 heavy (non-hydrogen) atoms. The van der Waals surface area contributed by atoms with Crippen molar-refractivity contribution in [3.63, 3.8) is 0 Å². The normalized spacial score (nSPS) is 13.0. The molecule has 1 aromatic heterocycles. The van der Waals surface area contributed by atoms with E-state index in [1.165, 1.54) is 6.20 Å². The summed E-state index contributed by atoms with van der Waals surface area (Å²) >= 11 is -1.46. The molecule has 0 saturated heterocycles. The van der Waals surface area contributed by atoms with E-state index in [0.29, 0.717) is 5.03 Å². The predicted octanol–water partition coefficient (Wildman–Crippen LogP) is 0.577. The minimum atomic E-state index is -1.46. The van der Waals surface area contributed by atoms with Crippen LogP contribution in [0, 0.1) is 0 Å². The molecule has 1 aromatic rings. The zero-order chi connectivity index (χ0) is 7.40. The highest BCUT2D eigenvalue weighted by atomic mass is 32.2. The largest absolute Gasteiger partial charge is 0.608 e. The molecule has 0 saturated carbocycles. The van der Waals surface area contributed by atoms with Crippen molar-refractivity contribution < 1.29 is 9.66 Å². The Kier molecular flexibility index (Phi) is 2.68. The van der Waals surface area contributed by atoms with E-state index in [2.05, 4.69) is 4.98 Å². The van der Waals surface area contributed by atoms with Gasteiger partial charge in [0.05, 0.1) is 0 Å². The maximum atomic E-state index is 10.7. The molecular formula is C6H6NO2S. The number of aromatic nitrogens is 1. The fourth-order valence-corrected chi connectivity index (χ4v) is 1.07. The van der Waals surface area contributed by atoms with Crippen LogP contribution in [0.25, 0.3) is 0 Å². The fraction of sp³-hybridized carbons (Fsp3) is 0.167. The highest BCUT2D eigenvalue weighted by molar-refractivity contribution is 7.91. The van der Waals surface area contributed by atoms with Crippen molar-refractivity contribution in [3.05, 3.63) is 24.4 Å². The van der Waals surface area contributed by atoms with Crippen LogP contribution in [-0.2, 0) is 16.3 Å². The van der Waals surface area contributed by atoms with Crippen LogP contribution in [0.15, 0.2) is 29.4 Å². The van der Waals surface area contributed by atoms with Crippen LogP contribution >= 0.6 is 0 Å². The summed E-state index contributed by atoms with van der Waals surface area (Å²) < 4.78 is 10.7. The lowest BCUT2D eigenvalue weighted by Gasteiger charge is -2.02. The molecule has 0 spiro atoms. The molecule has 0 aliphatic heterocycles. The van der Waals surface area contributed by atoms with E-state index >= 15 is 0 Å². The van der Waals surface area contributed by atoms with Gasteiger partial charge in [-0.25, -0.2) is 4.98 Å². The van der Waals surface area contributed by atoms with Crippen LogP contribution in [0.1, 0.15) is 0 Å². The molecular weight excluding hydrogens is 150 g/mol. The van der Waals surface area contributed by atoms with Gasteiger partial charge in [0.15, 0.2) is 0 Å². The Morgan fingerprint density at radius 3 is 2.90 bits per heavy atom. The van der Waals surface area contributed by atoms with Crippen LogP contribution in [0.4, 0.5) is 0 Å². The molecule has 0 fully saturated rings. The van der Waals surface area contributed by atoms with E-state index in [1.807, 2.05) is 0 Å². The van der Waals surface area contributed by atoms with Gasteiger partial charge in [-0.15, -0.1) is 0 Å². The summed E-state index contributed by atoms with van der Waals surface area (Å²) in [7, 11) is 0. The van der Waals surface area contributed by atoms with Crippen molar-refractivity contribution in [2.45, 2.75) is 5.03 Å². The molecule has 4 heteroatoms. The third kappa shape index (κ3) is 1.70. The fourth-order valence-electron chi connectivity index (χ4n) is 0.542. The molecule has 1 unspecified atom stereocenters. The van der Waals surface area contributed by atoms with Crippen LogP contribution in [-0.4, -0.2) is 15.5 Å². The van der Waals surface area contributed by atoms with Gasteiger partial charge in [-0.05, 0) is 6.07 Å². The Bertz CT molecular complexity index is 192. The first kappa shape index (κ1) is 7.53. The van der Waals surface area contributed by atoms with Crippen molar-refractivity contribution in [3.8, 4) is 0 Å². The molecule has 1 heterocycles. The van der Waals surface area contributed by atoms with Gasteiger partial charge in [0.1, 0.15) is 0 Å². The van der Waals surface area contributed by atoms with Gasteiger partial charge >= 0.3 is 0 Å². The Hall–Kier alpha value is -0.580.